The topological polar surface area (TPSA) is 59.4 Å². The standard InChI is InChI=1S/C20H22N4O/c21-11-10-20(25)22-18-6-8-19(9-7-18)24-14-12-23(13-15-24)16-17-4-2-1-3-5-17/h1-9H,10,12-16H2,(H,22,25). The van der Waals surface area contributed by atoms with Crippen LogP contribution in [0.3, 0.4) is 0 Å². The van der Waals surface area contributed by atoms with Crippen LogP contribution in [0.15, 0.2) is 54.6 Å². The first-order chi connectivity index (χ1) is 12.2. The molecular formula is C20H22N4O. The fourth-order valence-corrected chi connectivity index (χ4v) is 3.04. The Hall–Kier alpha value is -2.84. The minimum absolute atomic E-state index is 0.120. The van der Waals surface area contributed by atoms with Gasteiger partial charge in [0.05, 0.1) is 6.07 Å². The maximum Gasteiger partial charge on any atom is 0.238 e. The van der Waals surface area contributed by atoms with Crippen LogP contribution in [-0.2, 0) is 11.3 Å². The zero-order valence-electron chi connectivity index (χ0n) is 14.2. The third kappa shape index (κ3) is 4.82. The predicted molar refractivity (Wildman–Crippen MR) is 99.2 cm³/mol. The maximum absolute atomic E-state index is 11.4. The van der Waals surface area contributed by atoms with Crippen LogP contribution in [0.25, 0.3) is 0 Å². The summed E-state index contributed by atoms with van der Waals surface area (Å²) >= 11 is 0. The van der Waals surface area contributed by atoms with E-state index < -0.39 is 0 Å². The lowest BCUT2D eigenvalue weighted by molar-refractivity contribution is -0.115. The highest BCUT2D eigenvalue weighted by Gasteiger charge is 2.17. The molecule has 1 heterocycles. The monoisotopic (exact) mass is 334 g/mol. The first-order valence-corrected chi connectivity index (χ1v) is 8.53. The second-order valence-electron chi connectivity index (χ2n) is 6.18. The molecule has 0 radical (unpaired) electrons. The van der Waals surface area contributed by atoms with Crippen molar-refractivity contribution in [2.75, 3.05) is 36.4 Å². The molecule has 0 saturated carbocycles. The minimum atomic E-state index is -0.273. The van der Waals surface area contributed by atoms with Crippen molar-refractivity contribution in [2.45, 2.75) is 13.0 Å². The van der Waals surface area contributed by atoms with E-state index in [4.69, 9.17) is 5.26 Å². The number of anilines is 2. The molecule has 5 nitrogen and oxygen atoms in total. The van der Waals surface area contributed by atoms with Gasteiger partial charge < -0.3 is 10.2 Å². The van der Waals surface area contributed by atoms with E-state index in [9.17, 15) is 4.79 Å². The number of hydrogen-bond donors (Lipinski definition) is 1. The van der Waals surface area contributed by atoms with E-state index >= 15 is 0 Å². The van der Waals surface area contributed by atoms with Crippen LogP contribution in [0.4, 0.5) is 11.4 Å². The smallest absolute Gasteiger partial charge is 0.238 e. The summed E-state index contributed by atoms with van der Waals surface area (Å²) in [5, 5.41) is 11.2. The average Bonchev–Trinajstić information content (AvgIpc) is 2.64. The van der Waals surface area contributed by atoms with E-state index in [0.29, 0.717) is 0 Å². The van der Waals surface area contributed by atoms with E-state index in [0.717, 1.165) is 44.1 Å². The highest BCUT2D eigenvalue weighted by atomic mass is 16.1. The minimum Gasteiger partial charge on any atom is -0.369 e. The Balaban J connectivity index is 1.51. The number of benzene rings is 2. The van der Waals surface area contributed by atoms with Gasteiger partial charge in [-0.1, -0.05) is 30.3 Å². The molecule has 1 amide bonds. The Kier molecular flexibility index (Phi) is 5.65. The molecular weight excluding hydrogens is 312 g/mol. The van der Waals surface area contributed by atoms with Gasteiger partial charge >= 0.3 is 0 Å². The third-order valence-electron chi connectivity index (χ3n) is 4.38. The van der Waals surface area contributed by atoms with Crippen molar-refractivity contribution >= 4 is 17.3 Å². The van der Waals surface area contributed by atoms with E-state index in [2.05, 4.69) is 39.4 Å². The lowest BCUT2D eigenvalue weighted by Crippen LogP contribution is -2.45. The maximum atomic E-state index is 11.4. The molecule has 0 aromatic heterocycles. The van der Waals surface area contributed by atoms with E-state index in [-0.39, 0.29) is 12.3 Å². The molecule has 25 heavy (non-hydrogen) atoms. The van der Waals surface area contributed by atoms with Gasteiger partial charge in [0.2, 0.25) is 5.91 Å². The number of amides is 1. The van der Waals surface area contributed by atoms with Crippen LogP contribution < -0.4 is 10.2 Å². The molecule has 0 bridgehead atoms. The molecule has 1 aliphatic rings. The van der Waals surface area contributed by atoms with Gasteiger partial charge in [0.1, 0.15) is 6.42 Å². The van der Waals surface area contributed by atoms with Crippen LogP contribution in [0, 0.1) is 11.3 Å². The molecule has 1 N–H and O–H groups in total. The van der Waals surface area contributed by atoms with Gasteiger partial charge in [-0.05, 0) is 29.8 Å². The van der Waals surface area contributed by atoms with Crippen LogP contribution in [0.1, 0.15) is 12.0 Å². The van der Waals surface area contributed by atoms with Crippen molar-refractivity contribution in [1.29, 1.82) is 5.26 Å². The molecule has 2 aromatic rings. The fraction of sp³-hybridized carbons (Fsp3) is 0.300. The zero-order valence-corrected chi connectivity index (χ0v) is 14.2. The normalized spacial score (nSPS) is 14.8. The number of nitrogens with one attached hydrogen (secondary N) is 1. The van der Waals surface area contributed by atoms with Crippen LogP contribution >= 0.6 is 0 Å². The summed E-state index contributed by atoms with van der Waals surface area (Å²) in [5.41, 5.74) is 3.25. The molecule has 0 unspecified atom stereocenters. The quantitative estimate of drug-likeness (QED) is 0.913. The number of nitrogens with zero attached hydrogens (tertiary/aromatic N) is 3. The average molecular weight is 334 g/mol. The summed E-state index contributed by atoms with van der Waals surface area (Å²) in [6, 6.07) is 20.2. The van der Waals surface area contributed by atoms with Crippen molar-refractivity contribution in [2.24, 2.45) is 0 Å². The SMILES string of the molecule is N#CCC(=O)Nc1ccc(N2CCN(Cc3ccccc3)CC2)cc1. The Morgan fingerprint density at radius 3 is 2.32 bits per heavy atom. The number of rotatable bonds is 5. The summed E-state index contributed by atoms with van der Waals surface area (Å²) < 4.78 is 0. The van der Waals surface area contributed by atoms with Gasteiger partial charge in [-0.3, -0.25) is 9.69 Å². The molecule has 0 spiro atoms. The highest BCUT2D eigenvalue weighted by Crippen LogP contribution is 2.20. The number of piperazine rings is 1. The second kappa shape index (κ2) is 8.32. The third-order valence-corrected chi connectivity index (χ3v) is 4.38. The van der Waals surface area contributed by atoms with Gasteiger partial charge in [0.25, 0.3) is 0 Å². The number of carbonyl (C=O) groups excluding carboxylic acids is 1. The summed E-state index contributed by atoms with van der Waals surface area (Å²) in [6.07, 6.45) is -0.120. The molecule has 0 atom stereocenters. The van der Waals surface area contributed by atoms with E-state index in [1.807, 2.05) is 36.4 Å². The molecule has 1 fully saturated rings. The fourth-order valence-electron chi connectivity index (χ4n) is 3.04. The second-order valence-corrected chi connectivity index (χ2v) is 6.18. The number of hydrogen-bond acceptors (Lipinski definition) is 4. The van der Waals surface area contributed by atoms with E-state index in [1.54, 1.807) is 0 Å². The molecule has 1 aliphatic heterocycles. The molecule has 1 saturated heterocycles. The Labute approximate surface area is 148 Å². The lowest BCUT2D eigenvalue weighted by atomic mass is 10.2. The van der Waals surface area contributed by atoms with Gasteiger partial charge in [-0.15, -0.1) is 0 Å². The largest absolute Gasteiger partial charge is 0.369 e. The first kappa shape index (κ1) is 17.0. The van der Waals surface area contributed by atoms with Crippen molar-refractivity contribution < 1.29 is 4.79 Å². The summed E-state index contributed by atoms with van der Waals surface area (Å²) in [5.74, 6) is -0.273. The number of carbonyl (C=O) groups is 1. The number of nitriles is 1. The predicted octanol–water partition coefficient (Wildman–Crippen LogP) is 2.86. The Morgan fingerprint density at radius 1 is 1.00 bits per heavy atom. The van der Waals surface area contributed by atoms with Gasteiger partial charge in [-0.2, -0.15) is 5.26 Å². The van der Waals surface area contributed by atoms with Gasteiger partial charge in [0, 0.05) is 44.1 Å². The molecule has 3 rings (SSSR count). The zero-order chi connectivity index (χ0) is 17.5. The van der Waals surface area contributed by atoms with Gasteiger partial charge in [-0.25, -0.2) is 0 Å². The van der Waals surface area contributed by atoms with Crippen LogP contribution in [0.2, 0.25) is 0 Å². The Bertz CT molecular complexity index is 729. The molecule has 2 aromatic carbocycles. The van der Waals surface area contributed by atoms with E-state index in [1.165, 1.54) is 5.56 Å². The molecule has 0 aliphatic carbocycles. The van der Waals surface area contributed by atoms with Crippen LogP contribution in [-0.4, -0.2) is 37.0 Å². The summed E-state index contributed by atoms with van der Waals surface area (Å²) in [4.78, 5) is 16.3. The summed E-state index contributed by atoms with van der Waals surface area (Å²) in [7, 11) is 0. The molecule has 128 valence electrons. The highest BCUT2D eigenvalue weighted by molar-refractivity contribution is 5.92. The van der Waals surface area contributed by atoms with Gasteiger partial charge in [0.15, 0.2) is 0 Å². The summed E-state index contributed by atoms with van der Waals surface area (Å²) in [6.45, 7) is 5.06. The van der Waals surface area contributed by atoms with Crippen molar-refractivity contribution in [3.8, 4) is 6.07 Å². The van der Waals surface area contributed by atoms with Crippen molar-refractivity contribution in [3.05, 3.63) is 60.2 Å². The van der Waals surface area contributed by atoms with Crippen molar-refractivity contribution in [1.82, 2.24) is 4.90 Å². The lowest BCUT2D eigenvalue weighted by Gasteiger charge is -2.36. The van der Waals surface area contributed by atoms with Crippen molar-refractivity contribution in [3.63, 3.8) is 0 Å². The van der Waals surface area contributed by atoms with Crippen LogP contribution in [0.5, 0.6) is 0 Å². The first-order valence-electron chi connectivity index (χ1n) is 8.53. The Morgan fingerprint density at radius 2 is 1.68 bits per heavy atom. The molecule has 5 heteroatoms.